The number of methoxy groups -OCH3 is 1. The van der Waals surface area contributed by atoms with Crippen LogP contribution in [0.3, 0.4) is 0 Å². The Bertz CT molecular complexity index is 1330. The summed E-state index contributed by atoms with van der Waals surface area (Å²) in [7, 11) is 1.54. The maximum absolute atomic E-state index is 13.6. The second kappa shape index (κ2) is 12.0. The summed E-state index contributed by atoms with van der Waals surface area (Å²) in [6.45, 7) is 5.93. The summed E-state index contributed by atoms with van der Waals surface area (Å²) in [4.78, 5) is 39.2. The molecule has 1 aromatic heterocycles. The number of anilines is 2. The number of nitrogens with one attached hydrogen (secondary N) is 1. The van der Waals surface area contributed by atoms with E-state index >= 15 is 0 Å². The molecule has 0 bridgehead atoms. The number of carbonyl (C=O) groups is 3. The molecular formula is C29H34N4O6. The van der Waals surface area contributed by atoms with E-state index in [-0.39, 0.29) is 35.3 Å². The quantitative estimate of drug-likeness (QED) is 0.352. The molecule has 10 heteroatoms. The number of aromatic nitrogens is 2. The highest BCUT2D eigenvalue weighted by Crippen LogP contribution is 2.35. The lowest BCUT2D eigenvalue weighted by atomic mass is 9.82. The first-order valence-electron chi connectivity index (χ1n) is 13.1. The molecule has 0 spiro atoms. The molecule has 0 unspecified atom stereocenters. The Kier molecular flexibility index (Phi) is 8.53. The maximum atomic E-state index is 13.6. The van der Waals surface area contributed by atoms with Crippen LogP contribution in [-0.2, 0) is 4.79 Å². The van der Waals surface area contributed by atoms with Crippen LogP contribution in [0.4, 0.5) is 16.3 Å². The minimum Gasteiger partial charge on any atom is -0.497 e. The molecule has 0 atom stereocenters. The summed E-state index contributed by atoms with van der Waals surface area (Å²) in [6, 6.07) is 13.5. The fourth-order valence-corrected chi connectivity index (χ4v) is 4.79. The van der Waals surface area contributed by atoms with Crippen molar-refractivity contribution in [3.8, 4) is 17.2 Å². The summed E-state index contributed by atoms with van der Waals surface area (Å²) < 4.78 is 11.7. The van der Waals surface area contributed by atoms with Gasteiger partial charge in [-0.2, -0.15) is 0 Å². The summed E-state index contributed by atoms with van der Waals surface area (Å²) in [5.41, 5.74) is 1.61. The Morgan fingerprint density at radius 3 is 2.38 bits per heavy atom. The van der Waals surface area contributed by atoms with Crippen molar-refractivity contribution in [3.05, 3.63) is 60.3 Å². The van der Waals surface area contributed by atoms with Gasteiger partial charge in [0.15, 0.2) is 5.75 Å². The summed E-state index contributed by atoms with van der Waals surface area (Å²) in [6.07, 6.45) is 3.50. The van der Waals surface area contributed by atoms with Crippen LogP contribution in [0, 0.1) is 11.8 Å². The summed E-state index contributed by atoms with van der Waals surface area (Å²) >= 11 is 0. The minimum atomic E-state index is -1.49. The largest absolute Gasteiger partial charge is 0.511 e. The average Bonchev–Trinajstić information content (AvgIpc) is 3.31. The van der Waals surface area contributed by atoms with Crippen molar-refractivity contribution in [1.82, 2.24) is 9.78 Å². The lowest BCUT2D eigenvalue weighted by molar-refractivity contribution is -0.124. The topological polar surface area (TPSA) is 123 Å². The standard InChI is InChI=1S/C29H34N4O6/c1-18(2)33(28(35)20-10-8-19(3)9-11-20)26-25(39-29(36)37)17-32(31-26)23-14-12-22(13-15-23)30-27(34)21-6-5-7-24(16-21)38-4/h5-7,12-20H,8-11H2,1-4H3,(H,30,34)(H,36,37)/t19-,20-. The van der Waals surface area contributed by atoms with Crippen molar-refractivity contribution in [2.75, 3.05) is 17.3 Å². The molecule has 1 saturated carbocycles. The Morgan fingerprint density at radius 1 is 1.08 bits per heavy atom. The second-order valence-electron chi connectivity index (χ2n) is 10.1. The first-order chi connectivity index (χ1) is 18.7. The van der Waals surface area contributed by atoms with E-state index in [1.165, 1.54) is 22.9 Å². The van der Waals surface area contributed by atoms with Crippen LogP contribution in [0.5, 0.6) is 11.5 Å². The third-order valence-corrected chi connectivity index (χ3v) is 6.93. The lowest BCUT2D eigenvalue weighted by Gasteiger charge is -2.32. The van der Waals surface area contributed by atoms with E-state index in [2.05, 4.69) is 17.3 Å². The molecule has 0 aliphatic heterocycles. The van der Waals surface area contributed by atoms with E-state index in [1.54, 1.807) is 48.5 Å². The fourth-order valence-electron chi connectivity index (χ4n) is 4.79. The molecule has 4 rings (SSSR count). The highest BCUT2D eigenvalue weighted by atomic mass is 16.7. The van der Waals surface area contributed by atoms with Gasteiger partial charge in [-0.25, -0.2) is 9.48 Å². The third kappa shape index (κ3) is 6.57. The van der Waals surface area contributed by atoms with E-state index in [4.69, 9.17) is 9.47 Å². The second-order valence-corrected chi connectivity index (χ2v) is 10.1. The van der Waals surface area contributed by atoms with Crippen molar-refractivity contribution >= 4 is 29.5 Å². The van der Waals surface area contributed by atoms with Crippen LogP contribution >= 0.6 is 0 Å². The van der Waals surface area contributed by atoms with Crippen LogP contribution in [0.2, 0.25) is 0 Å². The third-order valence-electron chi connectivity index (χ3n) is 6.93. The van der Waals surface area contributed by atoms with Crippen LogP contribution in [0.25, 0.3) is 5.69 Å². The number of rotatable bonds is 8. The van der Waals surface area contributed by atoms with Crippen LogP contribution in [-0.4, -0.2) is 46.0 Å². The van der Waals surface area contributed by atoms with Crippen LogP contribution < -0.4 is 19.7 Å². The minimum absolute atomic E-state index is 0.0240. The Balaban J connectivity index is 1.58. The SMILES string of the molecule is COc1cccc(C(=O)Nc2ccc(-n3cc(OC(=O)O)c(N(C(=O)[C@H]4CC[C@H](C)CC4)C(C)C)n3)cc2)c1. The number of benzene rings is 2. The first kappa shape index (κ1) is 27.7. The van der Waals surface area contributed by atoms with Gasteiger partial charge in [0.2, 0.25) is 11.7 Å². The van der Waals surface area contributed by atoms with Gasteiger partial charge < -0.3 is 19.9 Å². The number of ether oxygens (including phenoxy) is 2. The summed E-state index contributed by atoms with van der Waals surface area (Å²) in [5.74, 6) is 0.805. The van der Waals surface area contributed by atoms with Gasteiger partial charge in [0, 0.05) is 23.2 Å². The van der Waals surface area contributed by atoms with Gasteiger partial charge in [0.05, 0.1) is 19.0 Å². The highest BCUT2D eigenvalue weighted by Gasteiger charge is 2.34. The number of amides is 2. The maximum Gasteiger partial charge on any atom is 0.511 e. The van der Waals surface area contributed by atoms with Crippen LogP contribution in [0.15, 0.2) is 54.7 Å². The number of carbonyl (C=O) groups excluding carboxylic acids is 2. The molecular weight excluding hydrogens is 500 g/mol. The molecule has 0 saturated heterocycles. The van der Waals surface area contributed by atoms with E-state index in [9.17, 15) is 19.5 Å². The Hall–Kier alpha value is -4.34. The lowest BCUT2D eigenvalue weighted by Crippen LogP contribution is -2.42. The molecule has 1 heterocycles. The van der Waals surface area contributed by atoms with Gasteiger partial charge in [-0.3, -0.25) is 14.5 Å². The van der Waals surface area contributed by atoms with Crippen molar-refractivity contribution in [1.29, 1.82) is 0 Å². The van der Waals surface area contributed by atoms with Gasteiger partial charge in [0.25, 0.3) is 5.91 Å². The molecule has 2 N–H and O–H groups in total. The normalized spacial score (nSPS) is 16.9. The predicted molar refractivity (Wildman–Crippen MR) is 147 cm³/mol. The van der Waals surface area contributed by atoms with Crippen molar-refractivity contribution in [3.63, 3.8) is 0 Å². The average molecular weight is 535 g/mol. The predicted octanol–water partition coefficient (Wildman–Crippen LogP) is 5.76. The smallest absolute Gasteiger partial charge is 0.497 e. The van der Waals surface area contributed by atoms with Crippen molar-refractivity contribution in [2.24, 2.45) is 11.8 Å². The summed E-state index contributed by atoms with van der Waals surface area (Å²) in [5, 5.41) is 16.8. The number of hydrogen-bond donors (Lipinski definition) is 2. The van der Waals surface area contributed by atoms with E-state index < -0.39 is 6.16 Å². The van der Waals surface area contributed by atoms with Crippen LogP contribution in [0.1, 0.15) is 56.8 Å². The van der Waals surface area contributed by atoms with Gasteiger partial charge in [-0.15, -0.1) is 5.10 Å². The van der Waals surface area contributed by atoms with E-state index in [0.29, 0.717) is 28.6 Å². The molecule has 10 nitrogen and oxygen atoms in total. The molecule has 2 amide bonds. The van der Waals surface area contributed by atoms with Crippen molar-refractivity contribution < 1.29 is 29.0 Å². The number of hydrogen-bond acceptors (Lipinski definition) is 6. The van der Waals surface area contributed by atoms with E-state index in [0.717, 1.165) is 25.7 Å². The molecule has 1 fully saturated rings. The first-order valence-corrected chi connectivity index (χ1v) is 13.1. The van der Waals surface area contributed by atoms with Gasteiger partial charge in [-0.1, -0.05) is 13.0 Å². The van der Waals surface area contributed by atoms with Gasteiger partial charge in [-0.05, 0) is 87.9 Å². The van der Waals surface area contributed by atoms with E-state index in [1.807, 2.05) is 13.8 Å². The highest BCUT2D eigenvalue weighted by molar-refractivity contribution is 6.04. The Morgan fingerprint density at radius 2 is 1.77 bits per heavy atom. The van der Waals surface area contributed by atoms with Gasteiger partial charge >= 0.3 is 6.16 Å². The molecule has 2 aromatic carbocycles. The molecule has 206 valence electrons. The Labute approximate surface area is 227 Å². The fraction of sp³-hybridized carbons (Fsp3) is 0.379. The van der Waals surface area contributed by atoms with Crippen molar-refractivity contribution in [2.45, 2.75) is 52.5 Å². The zero-order chi connectivity index (χ0) is 28.1. The number of nitrogens with zero attached hydrogens (tertiary/aromatic N) is 3. The molecule has 1 aliphatic rings. The zero-order valence-electron chi connectivity index (χ0n) is 22.6. The molecule has 3 aromatic rings. The zero-order valence-corrected chi connectivity index (χ0v) is 22.6. The number of carboxylic acid groups (broad SMARTS) is 1. The molecule has 0 radical (unpaired) electrons. The van der Waals surface area contributed by atoms with Gasteiger partial charge in [0.1, 0.15) is 5.75 Å². The molecule has 1 aliphatic carbocycles. The monoisotopic (exact) mass is 534 g/mol. The molecule has 39 heavy (non-hydrogen) atoms.